The molecule has 0 saturated heterocycles. The molecular formula is C17H28O3. The molecule has 3 nitrogen and oxygen atoms in total. The van der Waals surface area contributed by atoms with Gasteiger partial charge in [-0.25, -0.2) is 0 Å². The molecule has 0 spiro atoms. The minimum Gasteiger partial charge on any atom is -0.494 e. The maximum atomic E-state index is 10.1. The third-order valence-electron chi connectivity index (χ3n) is 3.08. The maximum Gasteiger partial charge on any atom is 0.119 e. The van der Waals surface area contributed by atoms with Gasteiger partial charge in [0.05, 0.1) is 19.3 Å². The summed E-state index contributed by atoms with van der Waals surface area (Å²) in [6.07, 6.45) is 1.60. The van der Waals surface area contributed by atoms with Crippen LogP contribution in [-0.2, 0) is 4.74 Å². The van der Waals surface area contributed by atoms with Crippen LogP contribution in [0.25, 0.3) is 0 Å². The molecule has 1 aromatic carbocycles. The van der Waals surface area contributed by atoms with E-state index in [2.05, 4.69) is 27.7 Å². The van der Waals surface area contributed by atoms with E-state index >= 15 is 0 Å². The van der Waals surface area contributed by atoms with E-state index in [1.165, 1.54) is 0 Å². The van der Waals surface area contributed by atoms with E-state index in [0.717, 1.165) is 30.8 Å². The van der Waals surface area contributed by atoms with Crippen molar-refractivity contribution in [1.29, 1.82) is 0 Å². The molecule has 20 heavy (non-hydrogen) atoms. The van der Waals surface area contributed by atoms with Crippen molar-refractivity contribution in [1.82, 2.24) is 0 Å². The third-order valence-corrected chi connectivity index (χ3v) is 3.08. The highest BCUT2D eigenvalue weighted by Crippen LogP contribution is 2.19. The first-order valence-electron chi connectivity index (χ1n) is 7.55. The topological polar surface area (TPSA) is 38.7 Å². The van der Waals surface area contributed by atoms with E-state index in [4.69, 9.17) is 9.47 Å². The van der Waals surface area contributed by atoms with Crippen LogP contribution < -0.4 is 4.74 Å². The molecule has 0 fully saturated rings. The maximum absolute atomic E-state index is 10.1. The molecule has 3 heteroatoms. The summed E-state index contributed by atoms with van der Waals surface area (Å²) in [6, 6.07) is 7.58. The number of benzene rings is 1. The predicted octanol–water partition coefficient (Wildman–Crippen LogP) is 3.96. The zero-order chi connectivity index (χ0) is 15.0. The Bertz CT molecular complexity index is 359. The van der Waals surface area contributed by atoms with Gasteiger partial charge in [-0.15, -0.1) is 0 Å². The summed E-state index contributed by atoms with van der Waals surface area (Å²) in [4.78, 5) is 0. The fraction of sp³-hybridized carbons (Fsp3) is 0.647. The molecule has 0 aliphatic rings. The lowest BCUT2D eigenvalue weighted by Gasteiger charge is -2.18. The highest BCUT2D eigenvalue weighted by molar-refractivity contribution is 5.28. The molecule has 0 heterocycles. The lowest BCUT2D eigenvalue weighted by molar-refractivity contribution is -0.0101. The first kappa shape index (κ1) is 17.0. The summed E-state index contributed by atoms with van der Waals surface area (Å²) in [5.41, 5.74) is 0.866. The molecule has 1 N–H and O–H groups in total. The van der Waals surface area contributed by atoms with Gasteiger partial charge in [0.25, 0.3) is 0 Å². The monoisotopic (exact) mass is 280 g/mol. The van der Waals surface area contributed by atoms with Crippen LogP contribution in [0.2, 0.25) is 0 Å². The molecule has 114 valence electrons. The van der Waals surface area contributed by atoms with Crippen molar-refractivity contribution in [3.63, 3.8) is 0 Å². The first-order valence-corrected chi connectivity index (χ1v) is 7.55. The average Bonchev–Trinajstić information content (AvgIpc) is 2.42. The van der Waals surface area contributed by atoms with E-state index in [1.807, 2.05) is 24.3 Å². The van der Waals surface area contributed by atoms with E-state index < -0.39 is 6.10 Å². The van der Waals surface area contributed by atoms with Crippen LogP contribution in [0.5, 0.6) is 5.75 Å². The lowest BCUT2D eigenvalue weighted by Crippen LogP contribution is -2.16. The van der Waals surface area contributed by atoms with Crippen LogP contribution in [0.3, 0.4) is 0 Å². The van der Waals surface area contributed by atoms with E-state index in [1.54, 1.807) is 0 Å². The Morgan fingerprint density at radius 1 is 1.10 bits per heavy atom. The molecule has 1 rings (SSSR count). The number of hydrogen-bond acceptors (Lipinski definition) is 3. The summed E-state index contributed by atoms with van der Waals surface area (Å²) in [5.74, 6) is 1.45. The van der Waals surface area contributed by atoms with Gasteiger partial charge in [0.15, 0.2) is 0 Å². The van der Waals surface area contributed by atoms with Gasteiger partial charge in [-0.1, -0.05) is 32.9 Å². The van der Waals surface area contributed by atoms with Gasteiger partial charge in [-0.3, -0.25) is 0 Å². The Hall–Kier alpha value is -1.06. The van der Waals surface area contributed by atoms with Crippen LogP contribution in [-0.4, -0.2) is 24.4 Å². The second-order valence-electron chi connectivity index (χ2n) is 5.71. The quantitative estimate of drug-likeness (QED) is 0.744. The summed E-state index contributed by atoms with van der Waals surface area (Å²) in [6.45, 7) is 9.53. The van der Waals surface area contributed by atoms with Gasteiger partial charge >= 0.3 is 0 Å². The van der Waals surface area contributed by atoms with Crippen molar-refractivity contribution in [2.45, 2.75) is 52.7 Å². The van der Waals surface area contributed by atoms with Gasteiger partial charge in [-0.2, -0.15) is 0 Å². The van der Waals surface area contributed by atoms with Gasteiger partial charge in [0, 0.05) is 0 Å². The van der Waals surface area contributed by atoms with Gasteiger partial charge in [0.2, 0.25) is 0 Å². The number of aliphatic hydroxyl groups excluding tert-OH is 1. The highest BCUT2D eigenvalue weighted by atomic mass is 16.5. The van der Waals surface area contributed by atoms with Crippen molar-refractivity contribution >= 4 is 0 Å². The van der Waals surface area contributed by atoms with Crippen LogP contribution in [0.15, 0.2) is 24.3 Å². The molecule has 0 bridgehead atoms. The Labute approximate surface area is 122 Å². The zero-order valence-corrected chi connectivity index (χ0v) is 13.1. The van der Waals surface area contributed by atoms with Crippen LogP contribution in [0.4, 0.5) is 0 Å². The molecule has 0 radical (unpaired) electrons. The second-order valence-corrected chi connectivity index (χ2v) is 5.71. The summed E-state index contributed by atoms with van der Waals surface area (Å²) in [5, 5.41) is 10.1. The normalized spacial score (nSPS) is 14.3. The minimum absolute atomic E-state index is 0.178. The molecule has 0 saturated carbocycles. The summed E-state index contributed by atoms with van der Waals surface area (Å²) < 4.78 is 11.2. The fourth-order valence-electron chi connectivity index (χ4n) is 2.09. The van der Waals surface area contributed by atoms with Crippen LogP contribution >= 0.6 is 0 Å². The number of rotatable bonds is 9. The molecule has 0 amide bonds. The number of ether oxygens (including phenoxy) is 2. The average molecular weight is 280 g/mol. The van der Waals surface area contributed by atoms with E-state index in [-0.39, 0.29) is 6.10 Å². The highest BCUT2D eigenvalue weighted by Gasteiger charge is 2.11. The fourth-order valence-corrected chi connectivity index (χ4v) is 2.09. The van der Waals surface area contributed by atoms with Gasteiger partial charge in [-0.05, 0) is 43.4 Å². The number of aliphatic hydroxyl groups is 1. The Morgan fingerprint density at radius 2 is 1.75 bits per heavy atom. The van der Waals surface area contributed by atoms with Crippen molar-refractivity contribution in [2.75, 3.05) is 13.2 Å². The molecule has 2 unspecified atom stereocenters. The van der Waals surface area contributed by atoms with Gasteiger partial charge < -0.3 is 14.6 Å². The molecule has 0 aliphatic heterocycles. The van der Waals surface area contributed by atoms with Crippen LogP contribution in [0, 0.1) is 5.92 Å². The van der Waals surface area contributed by atoms with Crippen LogP contribution in [0.1, 0.15) is 52.2 Å². The minimum atomic E-state index is -0.579. The first-order chi connectivity index (χ1) is 9.52. The molecule has 0 aromatic heterocycles. The Morgan fingerprint density at radius 3 is 2.30 bits per heavy atom. The Balaban J connectivity index is 2.41. The van der Waals surface area contributed by atoms with E-state index in [9.17, 15) is 5.11 Å². The van der Waals surface area contributed by atoms with Crippen molar-refractivity contribution in [2.24, 2.45) is 5.92 Å². The molecule has 2 atom stereocenters. The molecule has 0 aliphatic carbocycles. The van der Waals surface area contributed by atoms with Crippen molar-refractivity contribution in [3.8, 4) is 5.75 Å². The largest absolute Gasteiger partial charge is 0.494 e. The van der Waals surface area contributed by atoms with E-state index in [0.29, 0.717) is 12.5 Å². The SMILES string of the molecule is CCCOc1ccc(C(O)COC(C)CC(C)C)cc1. The smallest absolute Gasteiger partial charge is 0.119 e. The predicted molar refractivity (Wildman–Crippen MR) is 82.1 cm³/mol. The molecule has 1 aromatic rings. The zero-order valence-electron chi connectivity index (χ0n) is 13.1. The molecular weight excluding hydrogens is 252 g/mol. The lowest BCUT2D eigenvalue weighted by atomic mass is 10.1. The second kappa shape index (κ2) is 8.98. The third kappa shape index (κ3) is 6.40. The Kier molecular flexibility index (Phi) is 7.63. The van der Waals surface area contributed by atoms with Crippen molar-refractivity contribution in [3.05, 3.63) is 29.8 Å². The summed E-state index contributed by atoms with van der Waals surface area (Å²) in [7, 11) is 0. The van der Waals surface area contributed by atoms with Crippen molar-refractivity contribution < 1.29 is 14.6 Å². The van der Waals surface area contributed by atoms with Gasteiger partial charge in [0.1, 0.15) is 11.9 Å². The summed E-state index contributed by atoms with van der Waals surface area (Å²) >= 11 is 0. The standard InChI is InChI=1S/C17H28O3/c1-5-10-19-16-8-6-15(7-9-16)17(18)12-20-14(4)11-13(2)3/h6-9,13-14,17-18H,5,10-12H2,1-4H3. The number of hydrogen-bond donors (Lipinski definition) is 1.